The summed E-state index contributed by atoms with van der Waals surface area (Å²) in [6, 6.07) is 23.7. The summed E-state index contributed by atoms with van der Waals surface area (Å²) in [5.41, 5.74) is 2.08. The fraction of sp³-hybridized carbons (Fsp3) is 0.120. The Hall–Kier alpha value is -4.04. The third-order valence-corrected chi connectivity index (χ3v) is 4.43. The molecule has 3 aromatic rings. The van der Waals surface area contributed by atoms with Crippen LogP contribution in [0.3, 0.4) is 0 Å². The van der Waals surface area contributed by atoms with Crippen molar-refractivity contribution in [3.05, 3.63) is 95.1 Å². The summed E-state index contributed by atoms with van der Waals surface area (Å²) in [7, 11) is 3.09. The van der Waals surface area contributed by atoms with E-state index < -0.39 is 0 Å². The van der Waals surface area contributed by atoms with Crippen LogP contribution in [0.4, 0.5) is 0 Å². The summed E-state index contributed by atoms with van der Waals surface area (Å²) in [6.45, 7) is 0.373. The first-order valence-corrected chi connectivity index (χ1v) is 9.30. The van der Waals surface area contributed by atoms with Crippen molar-refractivity contribution in [2.24, 2.45) is 0 Å². The molecule has 5 heteroatoms. The second-order valence-electron chi connectivity index (χ2n) is 6.42. The van der Waals surface area contributed by atoms with Crippen LogP contribution in [0.25, 0.3) is 6.08 Å². The Balaban J connectivity index is 1.87. The quantitative estimate of drug-likeness (QED) is 0.300. The first-order chi connectivity index (χ1) is 14.6. The molecular weight excluding hydrogens is 378 g/mol. The van der Waals surface area contributed by atoms with Crippen molar-refractivity contribution >= 4 is 11.9 Å². The smallest absolute Gasteiger partial charge is 0.203 e. The molecule has 0 bridgehead atoms. The summed E-state index contributed by atoms with van der Waals surface area (Å²) in [6.07, 6.45) is 1.54. The van der Waals surface area contributed by atoms with Gasteiger partial charge in [0, 0.05) is 5.56 Å². The molecule has 3 aromatic carbocycles. The molecule has 0 aromatic heterocycles. The number of Topliss-reactive ketones (excluding diaryl/α,β-unsaturated/α-hetero) is 1. The highest BCUT2D eigenvalue weighted by Crippen LogP contribution is 2.30. The molecule has 0 unspecified atom stereocenters. The molecule has 0 aliphatic rings. The molecule has 3 rings (SSSR count). The van der Waals surface area contributed by atoms with E-state index >= 15 is 0 Å². The molecule has 30 heavy (non-hydrogen) atoms. The third kappa shape index (κ3) is 5.06. The number of nitriles is 1. The standard InChI is InChI=1S/C25H21NO4/c1-28-22-10-6-9-20(15-22)25(27)21(16-26)13-19-11-12-23(29-2)24(14-19)30-17-18-7-4-3-5-8-18/h3-15H,17H2,1-2H3/b21-13+. The van der Waals surface area contributed by atoms with Gasteiger partial charge in [-0.3, -0.25) is 4.79 Å². The van der Waals surface area contributed by atoms with Gasteiger partial charge in [0.25, 0.3) is 0 Å². The molecule has 0 amide bonds. The van der Waals surface area contributed by atoms with E-state index in [0.717, 1.165) is 5.56 Å². The fourth-order valence-electron chi connectivity index (χ4n) is 2.87. The van der Waals surface area contributed by atoms with Gasteiger partial charge in [0.15, 0.2) is 11.5 Å². The minimum Gasteiger partial charge on any atom is -0.497 e. The molecule has 0 aliphatic heterocycles. The summed E-state index contributed by atoms with van der Waals surface area (Å²) < 4.78 is 16.4. The maximum atomic E-state index is 12.8. The van der Waals surface area contributed by atoms with Crippen molar-refractivity contribution in [1.29, 1.82) is 5.26 Å². The Morgan fingerprint density at radius 2 is 1.73 bits per heavy atom. The topological polar surface area (TPSA) is 68.6 Å². The average Bonchev–Trinajstić information content (AvgIpc) is 2.81. The molecule has 0 saturated carbocycles. The Morgan fingerprint density at radius 3 is 2.43 bits per heavy atom. The maximum absolute atomic E-state index is 12.8. The first kappa shape index (κ1) is 20.7. The molecule has 0 N–H and O–H groups in total. The Bertz CT molecular complexity index is 1100. The van der Waals surface area contributed by atoms with Gasteiger partial charge >= 0.3 is 0 Å². The normalized spacial score (nSPS) is 10.8. The fourth-order valence-corrected chi connectivity index (χ4v) is 2.87. The SMILES string of the molecule is COc1cccc(C(=O)/C(C#N)=C/c2ccc(OC)c(OCc3ccccc3)c2)c1. The van der Waals surface area contributed by atoms with Gasteiger partial charge in [-0.25, -0.2) is 0 Å². The molecule has 5 nitrogen and oxygen atoms in total. The third-order valence-electron chi connectivity index (χ3n) is 4.43. The number of hydrogen-bond acceptors (Lipinski definition) is 5. The number of rotatable bonds is 8. The highest BCUT2D eigenvalue weighted by atomic mass is 16.5. The summed E-state index contributed by atoms with van der Waals surface area (Å²) in [4.78, 5) is 12.8. The summed E-state index contributed by atoms with van der Waals surface area (Å²) in [5, 5.41) is 9.54. The van der Waals surface area contributed by atoms with Crippen molar-refractivity contribution in [3.63, 3.8) is 0 Å². The van der Waals surface area contributed by atoms with Gasteiger partial charge in [0.2, 0.25) is 5.78 Å². The van der Waals surface area contributed by atoms with Crippen LogP contribution in [-0.2, 0) is 6.61 Å². The van der Waals surface area contributed by atoms with Crippen LogP contribution in [0, 0.1) is 11.3 Å². The van der Waals surface area contributed by atoms with Crippen LogP contribution in [0.15, 0.2) is 78.4 Å². The van der Waals surface area contributed by atoms with E-state index in [2.05, 4.69) is 0 Å². The Morgan fingerprint density at radius 1 is 0.933 bits per heavy atom. The minimum atomic E-state index is -0.376. The van der Waals surface area contributed by atoms with E-state index in [9.17, 15) is 10.1 Å². The molecule has 0 saturated heterocycles. The molecule has 0 fully saturated rings. The molecule has 150 valence electrons. The molecule has 0 spiro atoms. The molecular formula is C25H21NO4. The van der Waals surface area contributed by atoms with Crippen molar-refractivity contribution < 1.29 is 19.0 Å². The molecule has 0 heterocycles. The molecule has 0 radical (unpaired) electrons. The van der Waals surface area contributed by atoms with Crippen molar-refractivity contribution in [2.75, 3.05) is 14.2 Å². The number of carbonyl (C=O) groups excluding carboxylic acids is 1. The van der Waals surface area contributed by atoms with E-state index in [4.69, 9.17) is 14.2 Å². The van der Waals surface area contributed by atoms with E-state index in [1.807, 2.05) is 36.4 Å². The van der Waals surface area contributed by atoms with Gasteiger partial charge in [0.1, 0.15) is 24.0 Å². The van der Waals surface area contributed by atoms with Gasteiger partial charge in [0.05, 0.1) is 14.2 Å². The molecule has 0 aliphatic carbocycles. The van der Waals surface area contributed by atoms with Gasteiger partial charge in [-0.05, 0) is 41.5 Å². The predicted molar refractivity (Wildman–Crippen MR) is 115 cm³/mol. The van der Waals surface area contributed by atoms with Crippen LogP contribution in [-0.4, -0.2) is 20.0 Å². The zero-order valence-corrected chi connectivity index (χ0v) is 16.8. The zero-order valence-electron chi connectivity index (χ0n) is 16.8. The monoisotopic (exact) mass is 399 g/mol. The zero-order chi connectivity index (χ0) is 21.3. The average molecular weight is 399 g/mol. The van der Waals surface area contributed by atoms with Crippen molar-refractivity contribution in [1.82, 2.24) is 0 Å². The van der Waals surface area contributed by atoms with E-state index in [1.54, 1.807) is 49.6 Å². The van der Waals surface area contributed by atoms with E-state index in [1.165, 1.54) is 13.2 Å². The lowest BCUT2D eigenvalue weighted by atomic mass is 10.0. The van der Waals surface area contributed by atoms with Crippen LogP contribution in [0.5, 0.6) is 17.2 Å². The van der Waals surface area contributed by atoms with Gasteiger partial charge in [-0.1, -0.05) is 48.5 Å². The lowest BCUT2D eigenvalue weighted by Gasteiger charge is -2.12. The number of allylic oxidation sites excluding steroid dienone is 1. The minimum absolute atomic E-state index is 0.0161. The predicted octanol–water partition coefficient (Wildman–Crippen LogP) is 5.07. The highest BCUT2D eigenvalue weighted by Gasteiger charge is 2.14. The number of benzene rings is 3. The number of ether oxygens (including phenoxy) is 3. The number of hydrogen-bond donors (Lipinski definition) is 0. The van der Waals surface area contributed by atoms with Gasteiger partial charge in [-0.2, -0.15) is 5.26 Å². The second kappa shape index (κ2) is 9.94. The number of ketones is 1. The lowest BCUT2D eigenvalue weighted by molar-refractivity contribution is 0.103. The first-order valence-electron chi connectivity index (χ1n) is 9.30. The van der Waals surface area contributed by atoms with E-state index in [-0.39, 0.29) is 11.4 Å². The molecule has 0 atom stereocenters. The summed E-state index contributed by atoms with van der Waals surface area (Å²) in [5.74, 6) is 1.28. The largest absolute Gasteiger partial charge is 0.497 e. The van der Waals surface area contributed by atoms with E-state index in [0.29, 0.717) is 35.0 Å². The van der Waals surface area contributed by atoms with Crippen molar-refractivity contribution in [2.45, 2.75) is 6.61 Å². The van der Waals surface area contributed by atoms with Gasteiger partial charge in [-0.15, -0.1) is 0 Å². The lowest BCUT2D eigenvalue weighted by Crippen LogP contribution is -2.02. The Kier molecular flexibility index (Phi) is 6.86. The number of carbonyl (C=O) groups is 1. The number of nitrogens with zero attached hydrogens (tertiary/aromatic N) is 1. The van der Waals surface area contributed by atoms with Gasteiger partial charge < -0.3 is 14.2 Å². The number of methoxy groups -OCH3 is 2. The van der Waals surface area contributed by atoms with Crippen LogP contribution >= 0.6 is 0 Å². The van der Waals surface area contributed by atoms with Crippen LogP contribution in [0.2, 0.25) is 0 Å². The van der Waals surface area contributed by atoms with Crippen molar-refractivity contribution in [3.8, 4) is 23.3 Å². The van der Waals surface area contributed by atoms with Crippen LogP contribution < -0.4 is 14.2 Å². The second-order valence-corrected chi connectivity index (χ2v) is 6.42. The van der Waals surface area contributed by atoms with Crippen LogP contribution in [0.1, 0.15) is 21.5 Å². The summed E-state index contributed by atoms with van der Waals surface area (Å²) >= 11 is 0. The highest BCUT2D eigenvalue weighted by molar-refractivity contribution is 6.14. The maximum Gasteiger partial charge on any atom is 0.203 e. The Labute approximate surface area is 175 Å².